The van der Waals surface area contributed by atoms with E-state index in [0.717, 1.165) is 26.1 Å². The molecule has 2 heterocycles. The SMILES string of the molecule is CCCCN1CCC(Cl)N2CCN(CCCC)CCCN(CC1)CC2. The molecule has 2 bridgehead atoms. The monoisotopic (exact) mass is 372 g/mol. The number of rotatable bonds is 6. The molecular weight excluding hydrogens is 332 g/mol. The van der Waals surface area contributed by atoms with Gasteiger partial charge in [0.1, 0.15) is 0 Å². The Labute approximate surface area is 161 Å². The zero-order valence-electron chi connectivity index (χ0n) is 16.8. The lowest BCUT2D eigenvalue weighted by Crippen LogP contribution is -2.49. The largest absolute Gasteiger partial charge is 0.302 e. The van der Waals surface area contributed by atoms with Crippen LogP contribution in [-0.2, 0) is 0 Å². The molecule has 25 heavy (non-hydrogen) atoms. The van der Waals surface area contributed by atoms with Crippen LogP contribution in [0.1, 0.15) is 52.4 Å². The van der Waals surface area contributed by atoms with E-state index in [1.807, 2.05) is 0 Å². The molecule has 0 N–H and O–H groups in total. The molecule has 2 rings (SSSR count). The summed E-state index contributed by atoms with van der Waals surface area (Å²) in [6.45, 7) is 17.8. The fourth-order valence-corrected chi connectivity index (χ4v) is 4.27. The molecule has 0 aromatic rings. The molecule has 2 aliphatic heterocycles. The first kappa shape index (κ1) is 21.4. The molecule has 5 heteroatoms. The van der Waals surface area contributed by atoms with E-state index in [1.165, 1.54) is 84.5 Å². The summed E-state index contributed by atoms with van der Waals surface area (Å²) < 4.78 is 0. The maximum absolute atomic E-state index is 6.84. The number of hydrogen-bond donors (Lipinski definition) is 0. The number of fused-ring (bicyclic) bond motifs is 3. The van der Waals surface area contributed by atoms with Crippen molar-refractivity contribution in [3.63, 3.8) is 0 Å². The third-order valence-corrected chi connectivity index (χ3v) is 6.32. The molecule has 3 unspecified atom stereocenters. The Bertz CT molecular complexity index is 340. The minimum atomic E-state index is 0.191. The van der Waals surface area contributed by atoms with Crippen LogP contribution in [-0.4, -0.2) is 97.1 Å². The third-order valence-electron chi connectivity index (χ3n) is 5.82. The van der Waals surface area contributed by atoms with E-state index in [1.54, 1.807) is 0 Å². The van der Waals surface area contributed by atoms with Gasteiger partial charge in [0.05, 0.1) is 5.50 Å². The summed E-state index contributed by atoms with van der Waals surface area (Å²) in [7, 11) is 0. The van der Waals surface area contributed by atoms with Gasteiger partial charge in [0.15, 0.2) is 0 Å². The highest BCUT2D eigenvalue weighted by molar-refractivity contribution is 6.20. The number of nitrogens with zero attached hydrogens (tertiary/aromatic N) is 4. The van der Waals surface area contributed by atoms with Crippen molar-refractivity contribution in [2.75, 3.05) is 72.0 Å². The Morgan fingerprint density at radius 2 is 1.32 bits per heavy atom. The van der Waals surface area contributed by atoms with Crippen LogP contribution in [0.5, 0.6) is 0 Å². The molecule has 0 aromatic carbocycles. The average molecular weight is 373 g/mol. The van der Waals surface area contributed by atoms with Gasteiger partial charge in [0, 0.05) is 45.8 Å². The summed E-state index contributed by atoms with van der Waals surface area (Å²) >= 11 is 6.84. The molecule has 0 spiro atoms. The van der Waals surface area contributed by atoms with E-state index in [0.29, 0.717) is 0 Å². The lowest BCUT2D eigenvalue weighted by atomic mass is 10.2. The normalized spacial score (nSPS) is 31.1. The van der Waals surface area contributed by atoms with Crippen molar-refractivity contribution in [2.45, 2.75) is 57.9 Å². The first-order valence-corrected chi connectivity index (χ1v) is 11.2. The molecule has 0 radical (unpaired) electrons. The van der Waals surface area contributed by atoms with Gasteiger partial charge < -0.3 is 14.7 Å². The second-order valence-corrected chi connectivity index (χ2v) is 8.35. The smallest absolute Gasteiger partial charge is 0.0863 e. The summed E-state index contributed by atoms with van der Waals surface area (Å²) in [4.78, 5) is 10.5. The summed E-state index contributed by atoms with van der Waals surface area (Å²) in [5.41, 5.74) is 0.191. The minimum absolute atomic E-state index is 0.191. The lowest BCUT2D eigenvalue weighted by molar-refractivity contribution is 0.110. The van der Waals surface area contributed by atoms with E-state index in [-0.39, 0.29) is 5.50 Å². The fraction of sp³-hybridized carbons (Fsp3) is 1.00. The van der Waals surface area contributed by atoms with Crippen molar-refractivity contribution in [3.05, 3.63) is 0 Å². The Kier molecular flexibility index (Phi) is 10.7. The van der Waals surface area contributed by atoms with Crippen molar-refractivity contribution >= 4 is 11.6 Å². The van der Waals surface area contributed by atoms with Gasteiger partial charge in [-0.05, 0) is 51.9 Å². The topological polar surface area (TPSA) is 13.0 Å². The predicted molar refractivity (Wildman–Crippen MR) is 110 cm³/mol. The number of unbranched alkanes of at least 4 members (excludes halogenated alkanes) is 2. The van der Waals surface area contributed by atoms with Crippen molar-refractivity contribution in [1.82, 2.24) is 19.6 Å². The molecule has 148 valence electrons. The standard InChI is InChI=1S/C20H41ClN4/c1-3-5-9-22-11-7-12-24-15-14-23(10-6-4-2)13-8-20(21)25(18-16-22)19-17-24/h20H,3-19H2,1-2H3. The van der Waals surface area contributed by atoms with Gasteiger partial charge in [-0.1, -0.05) is 26.7 Å². The second-order valence-electron chi connectivity index (χ2n) is 7.84. The highest BCUT2D eigenvalue weighted by Crippen LogP contribution is 2.14. The molecule has 2 fully saturated rings. The molecule has 0 aromatic heterocycles. The van der Waals surface area contributed by atoms with Gasteiger partial charge >= 0.3 is 0 Å². The van der Waals surface area contributed by atoms with E-state index in [2.05, 4.69) is 33.4 Å². The van der Waals surface area contributed by atoms with Crippen LogP contribution in [0.2, 0.25) is 0 Å². The summed E-state index contributed by atoms with van der Waals surface area (Å²) in [6, 6.07) is 0. The Morgan fingerprint density at radius 3 is 2.04 bits per heavy atom. The van der Waals surface area contributed by atoms with E-state index in [9.17, 15) is 0 Å². The highest BCUT2D eigenvalue weighted by atomic mass is 35.5. The van der Waals surface area contributed by atoms with E-state index < -0.39 is 0 Å². The molecule has 4 nitrogen and oxygen atoms in total. The molecule has 0 aliphatic carbocycles. The number of halogens is 1. The van der Waals surface area contributed by atoms with Crippen LogP contribution in [0.25, 0.3) is 0 Å². The zero-order chi connectivity index (χ0) is 17.9. The van der Waals surface area contributed by atoms with Crippen molar-refractivity contribution in [1.29, 1.82) is 0 Å². The minimum Gasteiger partial charge on any atom is -0.302 e. The quantitative estimate of drug-likeness (QED) is 0.524. The van der Waals surface area contributed by atoms with Crippen LogP contribution in [0.3, 0.4) is 0 Å². The first-order chi connectivity index (χ1) is 12.2. The lowest BCUT2D eigenvalue weighted by Gasteiger charge is -2.37. The predicted octanol–water partition coefficient (Wildman–Crippen LogP) is 3.17. The summed E-state index contributed by atoms with van der Waals surface area (Å²) in [6.07, 6.45) is 7.61. The zero-order valence-corrected chi connectivity index (χ0v) is 17.5. The Morgan fingerprint density at radius 1 is 0.720 bits per heavy atom. The molecule has 2 aliphatic rings. The second kappa shape index (κ2) is 12.5. The molecule has 3 atom stereocenters. The molecule has 0 amide bonds. The van der Waals surface area contributed by atoms with Crippen LogP contribution in [0.4, 0.5) is 0 Å². The highest BCUT2D eigenvalue weighted by Gasteiger charge is 2.22. The maximum Gasteiger partial charge on any atom is 0.0863 e. The maximum atomic E-state index is 6.84. The molecule has 2 saturated heterocycles. The van der Waals surface area contributed by atoms with Crippen molar-refractivity contribution < 1.29 is 0 Å². The average Bonchev–Trinajstić information content (AvgIpc) is 2.63. The van der Waals surface area contributed by atoms with Gasteiger partial charge in [0.25, 0.3) is 0 Å². The van der Waals surface area contributed by atoms with Crippen LogP contribution < -0.4 is 0 Å². The third kappa shape index (κ3) is 8.13. The summed E-state index contributed by atoms with van der Waals surface area (Å²) in [5, 5.41) is 0. The first-order valence-electron chi connectivity index (χ1n) is 10.8. The Balaban J connectivity index is 1.97. The van der Waals surface area contributed by atoms with Gasteiger partial charge in [-0.25, -0.2) is 0 Å². The van der Waals surface area contributed by atoms with Gasteiger partial charge in [-0.15, -0.1) is 11.6 Å². The summed E-state index contributed by atoms with van der Waals surface area (Å²) in [5.74, 6) is 0. The molecule has 0 saturated carbocycles. The van der Waals surface area contributed by atoms with E-state index in [4.69, 9.17) is 11.6 Å². The van der Waals surface area contributed by atoms with Crippen molar-refractivity contribution in [2.24, 2.45) is 0 Å². The van der Waals surface area contributed by atoms with Gasteiger partial charge in [0.2, 0.25) is 0 Å². The van der Waals surface area contributed by atoms with Crippen molar-refractivity contribution in [3.8, 4) is 0 Å². The van der Waals surface area contributed by atoms with Crippen LogP contribution in [0.15, 0.2) is 0 Å². The van der Waals surface area contributed by atoms with Crippen LogP contribution >= 0.6 is 11.6 Å². The fourth-order valence-electron chi connectivity index (χ4n) is 3.97. The number of alkyl halides is 1. The number of hydrogen-bond acceptors (Lipinski definition) is 4. The van der Waals surface area contributed by atoms with Gasteiger partial charge in [-0.3, -0.25) is 4.90 Å². The Hall–Kier alpha value is 0.130. The van der Waals surface area contributed by atoms with E-state index >= 15 is 0 Å². The van der Waals surface area contributed by atoms with Gasteiger partial charge in [-0.2, -0.15) is 0 Å². The molecular formula is C20H41ClN4. The van der Waals surface area contributed by atoms with Crippen LogP contribution in [0, 0.1) is 0 Å².